The smallest absolute Gasteiger partial charge is 0.339 e. The van der Waals surface area contributed by atoms with Crippen LogP contribution in [0.15, 0.2) is 22.9 Å². The van der Waals surface area contributed by atoms with Gasteiger partial charge in [0.25, 0.3) is 0 Å². The lowest BCUT2D eigenvalue weighted by atomic mass is 10.3. The number of hydrogen-bond acceptors (Lipinski definition) is 3. The molecular weight excluding hydrogens is 258 g/mol. The first-order valence-corrected chi connectivity index (χ1v) is 5.72. The minimum Gasteiger partial charge on any atom is -0.465 e. The third-order valence-corrected chi connectivity index (χ3v) is 1.56. The van der Waals surface area contributed by atoms with Gasteiger partial charge in [-0.05, 0) is 22.0 Å². The number of rotatable bonds is 1. The van der Waals surface area contributed by atoms with E-state index in [-0.39, 0.29) is 5.97 Å². The van der Waals surface area contributed by atoms with Crippen LogP contribution in [-0.2, 0) is 4.74 Å². The quantitative estimate of drug-likeness (QED) is 0.734. The molecule has 1 heterocycles. The van der Waals surface area contributed by atoms with Crippen molar-refractivity contribution in [3.05, 3.63) is 28.5 Å². The van der Waals surface area contributed by atoms with Crippen LogP contribution < -0.4 is 0 Å². The maximum atomic E-state index is 10.9. The Morgan fingerprint density at radius 1 is 1.27 bits per heavy atom. The van der Waals surface area contributed by atoms with Crippen LogP contribution in [0, 0.1) is 0 Å². The number of hydrogen-bond donors (Lipinski definition) is 0. The van der Waals surface area contributed by atoms with E-state index in [2.05, 4.69) is 25.7 Å². The molecule has 1 aromatic heterocycles. The molecule has 86 valence electrons. The fourth-order valence-corrected chi connectivity index (χ4v) is 1.01. The molecule has 0 saturated carbocycles. The van der Waals surface area contributed by atoms with Crippen molar-refractivity contribution in [3.63, 3.8) is 0 Å². The molecule has 0 amide bonds. The van der Waals surface area contributed by atoms with Crippen LogP contribution in [0.4, 0.5) is 0 Å². The summed E-state index contributed by atoms with van der Waals surface area (Å²) in [6.45, 7) is 8.00. The molecule has 0 aliphatic carbocycles. The Hall–Kier alpha value is -0.900. The Morgan fingerprint density at radius 3 is 2.20 bits per heavy atom. The number of pyridine rings is 1. The van der Waals surface area contributed by atoms with Gasteiger partial charge < -0.3 is 4.74 Å². The minimum atomic E-state index is -0.376. The molecule has 0 N–H and O–H groups in total. The first-order valence-electron chi connectivity index (χ1n) is 4.93. The molecule has 4 heteroatoms. The lowest BCUT2D eigenvalue weighted by Gasteiger charge is -1.97. The van der Waals surface area contributed by atoms with Gasteiger partial charge in [0.1, 0.15) is 0 Å². The van der Waals surface area contributed by atoms with Crippen LogP contribution in [-0.4, -0.2) is 18.1 Å². The molecule has 0 atom stereocenters. The van der Waals surface area contributed by atoms with E-state index in [1.54, 1.807) is 12.3 Å². The zero-order valence-corrected chi connectivity index (χ0v) is 11.5. The number of nitrogens with zero attached hydrogens (tertiary/aromatic N) is 1. The van der Waals surface area contributed by atoms with Crippen LogP contribution in [0.3, 0.4) is 0 Å². The SMILES string of the molecule is CC.CC.COC(=O)c1cncc(Br)c1. The van der Waals surface area contributed by atoms with Crippen molar-refractivity contribution in [3.8, 4) is 0 Å². The van der Waals surface area contributed by atoms with Gasteiger partial charge in [-0.3, -0.25) is 4.98 Å². The van der Waals surface area contributed by atoms with Gasteiger partial charge >= 0.3 is 5.97 Å². The van der Waals surface area contributed by atoms with Crippen molar-refractivity contribution < 1.29 is 9.53 Å². The molecule has 0 unspecified atom stereocenters. The molecule has 15 heavy (non-hydrogen) atoms. The number of carbonyl (C=O) groups is 1. The summed E-state index contributed by atoms with van der Waals surface area (Å²) in [7, 11) is 1.34. The van der Waals surface area contributed by atoms with Gasteiger partial charge in [0.05, 0.1) is 12.7 Å². The van der Waals surface area contributed by atoms with E-state index in [0.717, 1.165) is 4.47 Å². The van der Waals surface area contributed by atoms with Gasteiger partial charge in [0, 0.05) is 16.9 Å². The van der Waals surface area contributed by atoms with Gasteiger partial charge in [0.2, 0.25) is 0 Å². The number of ether oxygens (including phenoxy) is 1. The Bertz CT molecular complexity index is 277. The molecule has 0 aliphatic rings. The van der Waals surface area contributed by atoms with Crippen molar-refractivity contribution in [2.24, 2.45) is 0 Å². The minimum absolute atomic E-state index is 0.376. The third-order valence-electron chi connectivity index (χ3n) is 1.13. The first-order chi connectivity index (χ1) is 7.24. The summed E-state index contributed by atoms with van der Waals surface area (Å²) in [5, 5.41) is 0. The summed E-state index contributed by atoms with van der Waals surface area (Å²) in [5.41, 5.74) is 0.446. The fraction of sp³-hybridized carbons (Fsp3) is 0.455. The summed E-state index contributed by atoms with van der Waals surface area (Å²) < 4.78 is 5.26. The van der Waals surface area contributed by atoms with Crippen LogP contribution in [0.2, 0.25) is 0 Å². The summed E-state index contributed by atoms with van der Waals surface area (Å²) in [5.74, 6) is -0.376. The molecular formula is C11H18BrNO2. The van der Waals surface area contributed by atoms with Crippen molar-refractivity contribution in [1.29, 1.82) is 0 Å². The molecule has 0 saturated heterocycles. The normalized spacial score (nSPS) is 7.60. The topological polar surface area (TPSA) is 39.2 Å². The molecule has 1 rings (SSSR count). The van der Waals surface area contributed by atoms with E-state index in [4.69, 9.17) is 0 Å². The second-order valence-corrected chi connectivity index (χ2v) is 2.80. The van der Waals surface area contributed by atoms with Crippen LogP contribution in [0.25, 0.3) is 0 Å². The molecule has 0 bridgehead atoms. The van der Waals surface area contributed by atoms with Gasteiger partial charge in [-0.1, -0.05) is 27.7 Å². The number of halogens is 1. The van der Waals surface area contributed by atoms with E-state index >= 15 is 0 Å². The van der Waals surface area contributed by atoms with Gasteiger partial charge in [-0.25, -0.2) is 4.79 Å². The average molecular weight is 276 g/mol. The highest BCUT2D eigenvalue weighted by Crippen LogP contribution is 2.09. The number of esters is 1. The van der Waals surface area contributed by atoms with E-state index in [0.29, 0.717) is 5.56 Å². The predicted octanol–water partition coefficient (Wildman–Crippen LogP) is 3.68. The van der Waals surface area contributed by atoms with E-state index in [1.165, 1.54) is 13.3 Å². The second kappa shape index (κ2) is 11.2. The Balaban J connectivity index is 0. The van der Waals surface area contributed by atoms with E-state index in [1.807, 2.05) is 27.7 Å². The number of methoxy groups -OCH3 is 1. The van der Waals surface area contributed by atoms with Crippen LogP contribution in [0.1, 0.15) is 38.1 Å². The zero-order chi connectivity index (χ0) is 12.3. The summed E-state index contributed by atoms with van der Waals surface area (Å²) in [6.07, 6.45) is 3.06. The molecule has 3 nitrogen and oxygen atoms in total. The fourth-order valence-electron chi connectivity index (χ4n) is 0.641. The first kappa shape index (κ1) is 16.5. The van der Waals surface area contributed by atoms with Crippen molar-refractivity contribution >= 4 is 21.9 Å². The zero-order valence-electron chi connectivity index (χ0n) is 9.87. The molecule has 0 fully saturated rings. The van der Waals surface area contributed by atoms with Crippen LogP contribution in [0.5, 0.6) is 0 Å². The van der Waals surface area contributed by atoms with Gasteiger partial charge in [-0.2, -0.15) is 0 Å². The van der Waals surface area contributed by atoms with Crippen molar-refractivity contribution in [2.75, 3.05) is 7.11 Å². The molecule has 0 aliphatic heterocycles. The van der Waals surface area contributed by atoms with Crippen LogP contribution >= 0.6 is 15.9 Å². The molecule has 0 radical (unpaired) electrons. The monoisotopic (exact) mass is 275 g/mol. The molecule has 0 spiro atoms. The number of aromatic nitrogens is 1. The average Bonchev–Trinajstić information content (AvgIpc) is 2.33. The highest BCUT2D eigenvalue weighted by molar-refractivity contribution is 9.10. The van der Waals surface area contributed by atoms with E-state index in [9.17, 15) is 4.79 Å². The lowest BCUT2D eigenvalue weighted by Crippen LogP contribution is -2.01. The maximum Gasteiger partial charge on any atom is 0.339 e. The molecule has 0 aromatic carbocycles. The predicted molar refractivity (Wildman–Crippen MR) is 66.0 cm³/mol. The highest BCUT2D eigenvalue weighted by atomic mass is 79.9. The lowest BCUT2D eigenvalue weighted by molar-refractivity contribution is 0.0600. The van der Waals surface area contributed by atoms with E-state index < -0.39 is 0 Å². The largest absolute Gasteiger partial charge is 0.465 e. The summed E-state index contributed by atoms with van der Waals surface area (Å²) in [6, 6.07) is 1.65. The van der Waals surface area contributed by atoms with Crippen molar-refractivity contribution in [2.45, 2.75) is 27.7 Å². The Labute approximate surface area is 100.0 Å². The van der Waals surface area contributed by atoms with Crippen molar-refractivity contribution in [1.82, 2.24) is 4.98 Å². The van der Waals surface area contributed by atoms with Gasteiger partial charge in [-0.15, -0.1) is 0 Å². The third kappa shape index (κ3) is 7.08. The Kier molecular flexibility index (Phi) is 12.3. The summed E-state index contributed by atoms with van der Waals surface area (Å²) >= 11 is 3.19. The number of carbonyl (C=O) groups excluding carboxylic acids is 1. The molecule has 1 aromatic rings. The summed E-state index contributed by atoms with van der Waals surface area (Å²) in [4.78, 5) is 14.7. The maximum absolute atomic E-state index is 10.9. The Morgan fingerprint density at radius 2 is 1.80 bits per heavy atom. The second-order valence-electron chi connectivity index (χ2n) is 1.88. The van der Waals surface area contributed by atoms with Gasteiger partial charge in [0.15, 0.2) is 0 Å². The highest BCUT2D eigenvalue weighted by Gasteiger charge is 2.04. The standard InChI is InChI=1S/C7H6BrNO2.2C2H6/c1-11-7(10)5-2-6(8)4-9-3-5;2*1-2/h2-4H,1H3;2*1-2H3.